The molecule has 3 nitrogen and oxygen atoms in total. The molecule has 0 spiro atoms. The van der Waals surface area contributed by atoms with Gasteiger partial charge in [-0.15, -0.1) is 0 Å². The zero-order valence-electron chi connectivity index (χ0n) is 10.2. The number of thiocarbonyl (C=S) groups is 1. The minimum atomic E-state index is 0.386. The second-order valence-corrected chi connectivity index (χ2v) is 5.07. The third-order valence-electron chi connectivity index (χ3n) is 3.38. The third kappa shape index (κ3) is 2.75. The molecule has 0 radical (unpaired) electrons. The van der Waals surface area contributed by atoms with Crippen LogP contribution in [0.15, 0.2) is 18.3 Å². The van der Waals surface area contributed by atoms with Crippen molar-refractivity contribution < 1.29 is 0 Å². The maximum Gasteiger partial charge on any atom is 0.124 e. The highest BCUT2D eigenvalue weighted by atomic mass is 32.1. The molecule has 0 saturated carbocycles. The van der Waals surface area contributed by atoms with Gasteiger partial charge in [0, 0.05) is 18.8 Å². The van der Waals surface area contributed by atoms with Crippen LogP contribution in [0.25, 0.3) is 0 Å². The quantitative estimate of drug-likeness (QED) is 0.818. The Hall–Kier alpha value is -1.16. The minimum absolute atomic E-state index is 0.386. The summed E-state index contributed by atoms with van der Waals surface area (Å²) in [5.41, 5.74) is 7.60. The van der Waals surface area contributed by atoms with E-state index in [1.54, 1.807) is 6.20 Å². The van der Waals surface area contributed by atoms with E-state index < -0.39 is 0 Å². The average molecular weight is 249 g/mol. The fourth-order valence-corrected chi connectivity index (χ4v) is 2.61. The smallest absolute Gasteiger partial charge is 0.124 e. The van der Waals surface area contributed by atoms with E-state index in [1.165, 1.54) is 25.7 Å². The molecule has 2 heterocycles. The summed E-state index contributed by atoms with van der Waals surface area (Å²) in [4.78, 5) is 7.09. The number of pyridine rings is 1. The Morgan fingerprint density at radius 3 is 3.06 bits per heavy atom. The van der Waals surface area contributed by atoms with E-state index in [-0.39, 0.29) is 0 Å². The van der Waals surface area contributed by atoms with Crippen molar-refractivity contribution in [1.82, 2.24) is 4.98 Å². The minimum Gasteiger partial charge on any atom is -0.388 e. The first-order chi connectivity index (χ1) is 8.20. The van der Waals surface area contributed by atoms with Crippen molar-refractivity contribution in [2.45, 2.75) is 38.6 Å². The Balaban J connectivity index is 2.34. The normalized spacial score (nSPS) is 21.0. The lowest BCUT2D eigenvalue weighted by Gasteiger charge is -2.30. The van der Waals surface area contributed by atoms with E-state index in [4.69, 9.17) is 18.0 Å². The summed E-state index contributed by atoms with van der Waals surface area (Å²) < 4.78 is 0. The van der Waals surface area contributed by atoms with E-state index >= 15 is 0 Å². The van der Waals surface area contributed by atoms with Gasteiger partial charge in [-0.1, -0.05) is 25.1 Å². The lowest BCUT2D eigenvalue weighted by Crippen LogP contribution is -2.34. The monoisotopic (exact) mass is 249 g/mol. The summed E-state index contributed by atoms with van der Waals surface area (Å²) in [5.74, 6) is 0. The Morgan fingerprint density at radius 2 is 2.29 bits per heavy atom. The van der Waals surface area contributed by atoms with Gasteiger partial charge in [0.15, 0.2) is 0 Å². The third-order valence-corrected chi connectivity index (χ3v) is 3.58. The summed E-state index contributed by atoms with van der Waals surface area (Å²) in [7, 11) is 0. The summed E-state index contributed by atoms with van der Waals surface area (Å²) >= 11 is 5.08. The van der Waals surface area contributed by atoms with Gasteiger partial charge in [-0.3, -0.25) is 4.98 Å². The van der Waals surface area contributed by atoms with Crippen molar-refractivity contribution in [2.75, 3.05) is 11.4 Å². The maximum atomic E-state index is 5.75. The molecule has 1 aromatic rings. The van der Waals surface area contributed by atoms with Crippen molar-refractivity contribution in [3.8, 4) is 0 Å². The fraction of sp³-hybridized carbons (Fsp3) is 0.538. The molecule has 0 amide bonds. The van der Waals surface area contributed by atoms with Crippen LogP contribution in [0.2, 0.25) is 0 Å². The van der Waals surface area contributed by atoms with Gasteiger partial charge in [-0.25, -0.2) is 0 Å². The Bertz CT molecular complexity index is 405. The van der Waals surface area contributed by atoms with Crippen LogP contribution in [0, 0.1) is 0 Å². The molecule has 2 rings (SSSR count). The lowest BCUT2D eigenvalue weighted by molar-refractivity contribution is 0.615. The Kier molecular flexibility index (Phi) is 3.94. The number of nitrogens with two attached hydrogens (primary N) is 1. The molecule has 1 aromatic heterocycles. The summed E-state index contributed by atoms with van der Waals surface area (Å²) in [6.07, 6.45) is 6.83. The number of hydrogen-bond acceptors (Lipinski definition) is 3. The largest absolute Gasteiger partial charge is 0.388 e. The van der Waals surface area contributed by atoms with Crippen LogP contribution in [0.1, 0.15) is 38.3 Å². The van der Waals surface area contributed by atoms with Crippen LogP contribution in [-0.4, -0.2) is 22.6 Å². The van der Waals surface area contributed by atoms with Gasteiger partial charge in [-0.05, 0) is 31.9 Å². The molecule has 92 valence electrons. The molecule has 1 atom stereocenters. The number of hydrogen-bond donors (Lipinski definition) is 1. The van der Waals surface area contributed by atoms with Crippen LogP contribution in [-0.2, 0) is 0 Å². The van der Waals surface area contributed by atoms with E-state index in [9.17, 15) is 0 Å². The molecule has 0 aromatic carbocycles. The molecule has 1 aliphatic rings. The van der Waals surface area contributed by atoms with Crippen LogP contribution < -0.4 is 10.6 Å². The predicted molar refractivity (Wildman–Crippen MR) is 75.4 cm³/mol. The number of nitrogens with zero attached hydrogens (tertiary/aromatic N) is 2. The topological polar surface area (TPSA) is 42.2 Å². The molecule has 2 N–H and O–H groups in total. The Labute approximate surface area is 108 Å². The predicted octanol–water partition coefficient (Wildman–Crippen LogP) is 2.48. The van der Waals surface area contributed by atoms with Crippen molar-refractivity contribution in [3.05, 3.63) is 24.0 Å². The van der Waals surface area contributed by atoms with Gasteiger partial charge in [0.1, 0.15) is 10.7 Å². The zero-order chi connectivity index (χ0) is 12.3. The summed E-state index contributed by atoms with van der Waals surface area (Å²) in [5, 5.41) is 0. The van der Waals surface area contributed by atoms with Crippen molar-refractivity contribution in [3.63, 3.8) is 0 Å². The molecule has 1 aliphatic heterocycles. The van der Waals surface area contributed by atoms with Crippen LogP contribution in [0.5, 0.6) is 0 Å². The molecule has 0 aliphatic carbocycles. The maximum absolute atomic E-state index is 5.75. The molecule has 17 heavy (non-hydrogen) atoms. The van der Waals surface area contributed by atoms with E-state index in [0.717, 1.165) is 17.9 Å². The molecule has 0 bridgehead atoms. The highest BCUT2D eigenvalue weighted by Gasteiger charge is 2.20. The van der Waals surface area contributed by atoms with Gasteiger partial charge < -0.3 is 10.6 Å². The van der Waals surface area contributed by atoms with Gasteiger partial charge in [0.05, 0.1) is 5.69 Å². The number of anilines is 1. The van der Waals surface area contributed by atoms with Crippen LogP contribution in [0.3, 0.4) is 0 Å². The van der Waals surface area contributed by atoms with E-state index in [0.29, 0.717) is 11.0 Å². The van der Waals surface area contributed by atoms with E-state index in [1.807, 2.05) is 6.07 Å². The molecular formula is C13H19N3S. The lowest BCUT2D eigenvalue weighted by atomic mass is 10.1. The average Bonchev–Trinajstić information content (AvgIpc) is 2.54. The summed E-state index contributed by atoms with van der Waals surface area (Å²) in [6.45, 7) is 3.34. The first-order valence-corrected chi connectivity index (χ1v) is 6.62. The first-order valence-electron chi connectivity index (χ1n) is 6.21. The summed E-state index contributed by atoms with van der Waals surface area (Å²) in [6, 6.07) is 4.56. The van der Waals surface area contributed by atoms with Crippen molar-refractivity contribution in [2.24, 2.45) is 5.73 Å². The molecule has 4 heteroatoms. The van der Waals surface area contributed by atoms with Crippen molar-refractivity contribution >= 4 is 22.9 Å². The van der Waals surface area contributed by atoms with Gasteiger partial charge in [0.25, 0.3) is 0 Å². The molecule has 1 saturated heterocycles. The zero-order valence-corrected chi connectivity index (χ0v) is 11.0. The standard InChI is InChI=1S/C13H19N3S/c1-10-6-3-2-4-9-16(10)11-7-5-8-15-12(11)13(14)17/h5,7-8,10H,2-4,6,9H2,1H3,(H2,14,17). The van der Waals surface area contributed by atoms with Gasteiger partial charge >= 0.3 is 0 Å². The fourth-order valence-electron chi connectivity index (χ4n) is 2.45. The Morgan fingerprint density at radius 1 is 1.47 bits per heavy atom. The second-order valence-electron chi connectivity index (χ2n) is 4.63. The van der Waals surface area contributed by atoms with Crippen LogP contribution >= 0.6 is 12.2 Å². The molecule has 1 fully saturated rings. The molecule has 1 unspecified atom stereocenters. The second kappa shape index (κ2) is 5.45. The van der Waals surface area contributed by atoms with Gasteiger partial charge in [-0.2, -0.15) is 0 Å². The number of rotatable bonds is 2. The van der Waals surface area contributed by atoms with Gasteiger partial charge in [0.2, 0.25) is 0 Å². The van der Waals surface area contributed by atoms with E-state index in [2.05, 4.69) is 22.9 Å². The SMILES string of the molecule is CC1CCCCCN1c1cccnc1C(N)=S. The highest BCUT2D eigenvalue weighted by molar-refractivity contribution is 7.80. The first kappa shape index (κ1) is 12.3. The number of aromatic nitrogens is 1. The van der Waals surface area contributed by atoms with Crippen molar-refractivity contribution in [1.29, 1.82) is 0 Å². The molecular weight excluding hydrogens is 230 g/mol. The highest BCUT2D eigenvalue weighted by Crippen LogP contribution is 2.26. The van der Waals surface area contributed by atoms with Crippen LogP contribution in [0.4, 0.5) is 5.69 Å².